The molecule has 2 unspecified atom stereocenters. The molecule has 3 rings (SSSR count). The van der Waals surface area contributed by atoms with Gasteiger partial charge in [0.15, 0.2) is 0 Å². The first-order valence-electron chi connectivity index (χ1n) is 7.14. The van der Waals surface area contributed by atoms with Crippen molar-refractivity contribution in [3.05, 3.63) is 35.2 Å². The highest BCUT2D eigenvalue weighted by Crippen LogP contribution is 2.35. The number of hydrogen-bond acceptors (Lipinski definition) is 3. The van der Waals surface area contributed by atoms with Crippen molar-refractivity contribution < 1.29 is 9.90 Å². The van der Waals surface area contributed by atoms with Gasteiger partial charge in [-0.05, 0) is 43.8 Å². The zero-order chi connectivity index (χ0) is 14.1. The predicted molar refractivity (Wildman–Crippen MR) is 82.2 cm³/mol. The van der Waals surface area contributed by atoms with E-state index >= 15 is 0 Å². The van der Waals surface area contributed by atoms with Crippen LogP contribution in [0.25, 0.3) is 10.1 Å². The Labute approximate surface area is 122 Å². The van der Waals surface area contributed by atoms with Crippen molar-refractivity contribution in [2.75, 3.05) is 6.54 Å². The van der Waals surface area contributed by atoms with Crippen LogP contribution in [-0.4, -0.2) is 28.6 Å². The summed E-state index contributed by atoms with van der Waals surface area (Å²) in [5.41, 5.74) is 0. The van der Waals surface area contributed by atoms with Crippen LogP contribution in [0.4, 0.5) is 0 Å². The molecule has 1 N–H and O–H groups in total. The van der Waals surface area contributed by atoms with E-state index in [2.05, 4.69) is 30.0 Å². The predicted octanol–water partition coefficient (Wildman–Crippen LogP) is 3.90. The first kappa shape index (κ1) is 13.6. The third-order valence-electron chi connectivity index (χ3n) is 4.18. The van der Waals surface area contributed by atoms with Crippen LogP contribution in [-0.2, 0) is 4.79 Å². The first-order chi connectivity index (χ1) is 9.66. The van der Waals surface area contributed by atoms with E-state index in [4.69, 9.17) is 0 Å². The fourth-order valence-electron chi connectivity index (χ4n) is 3.05. The molecule has 3 nitrogen and oxygen atoms in total. The van der Waals surface area contributed by atoms with Crippen LogP contribution in [0.5, 0.6) is 0 Å². The summed E-state index contributed by atoms with van der Waals surface area (Å²) in [6.45, 7) is 3.01. The molecule has 4 heteroatoms. The van der Waals surface area contributed by atoms with E-state index in [1.807, 2.05) is 12.1 Å². The number of carboxylic acids is 1. The molecule has 1 aromatic carbocycles. The smallest absolute Gasteiger partial charge is 0.320 e. The molecule has 0 amide bonds. The third kappa shape index (κ3) is 2.45. The molecule has 1 fully saturated rings. The summed E-state index contributed by atoms with van der Waals surface area (Å²) in [5.74, 6) is -0.683. The third-order valence-corrected chi connectivity index (χ3v) is 5.47. The summed E-state index contributed by atoms with van der Waals surface area (Å²) >= 11 is 1.78. The van der Waals surface area contributed by atoms with Crippen molar-refractivity contribution in [2.24, 2.45) is 0 Å². The molecule has 1 aromatic heterocycles. The lowest BCUT2D eigenvalue weighted by Gasteiger charge is -2.37. The largest absolute Gasteiger partial charge is 0.480 e. The van der Waals surface area contributed by atoms with Gasteiger partial charge in [-0.1, -0.05) is 24.6 Å². The summed E-state index contributed by atoms with van der Waals surface area (Å²) in [6.07, 6.45) is 2.89. The zero-order valence-electron chi connectivity index (χ0n) is 11.6. The summed E-state index contributed by atoms with van der Waals surface area (Å²) in [6, 6.07) is 10.4. The number of thiophene rings is 1. The van der Waals surface area contributed by atoms with Gasteiger partial charge in [0.05, 0.1) is 0 Å². The van der Waals surface area contributed by atoms with Crippen LogP contribution in [0.1, 0.15) is 37.1 Å². The fourth-order valence-corrected chi connectivity index (χ4v) is 4.19. The Bertz CT molecular complexity index is 589. The van der Waals surface area contributed by atoms with Gasteiger partial charge < -0.3 is 5.11 Å². The van der Waals surface area contributed by atoms with Crippen LogP contribution in [0.2, 0.25) is 0 Å². The number of piperidine rings is 1. The average Bonchev–Trinajstić information content (AvgIpc) is 2.90. The molecule has 2 heterocycles. The van der Waals surface area contributed by atoms with Crippen LogP contribution in [0.15, 0.2) is 30.3 Å². The highest BCUT2D eigenvalue weighted by molar-refractivity contribution is 7.19. The fraction of sp³-hybridized carbons (Fsp3) is 0.438. The summed E-state index contributed by atoms with van der Waals surface area (Å²) in [5, 5.41) is 10.7. The monoisotopic (exact) mass is 289 g/mol. The molecule has 0 bridgehead atoms. The van der Waals surface area contributed by atoms with Crippen LogP contribution >= 0.6 is 11.3 Å². The number of likely N-dealkylation sites (tertiary alicyclic amines) is 1. The first-order valence-corrected chi connectivity index (χ1v) is 7.95. The van der Waals surface area contributed by atoms with E-state index in [1.54, 1.807) is 11.3 Å². The van der Waals surface area contributed by atoms with Crippen LogP contribution in [0, 0.1) is 0 Å². The number of carboxylic acid groups (broad SMARTS) is 1. The van der Waals surface area contributed by atoms with E-state index in [9.17, 15) is 9.90 Å². The molecule has 1 aliphatic rings. The second kappa shape index (κ2) is 5.54. The van der Waals surface area contributed by atoms with Crippen molar-refractivity contribution in [3.8, 4) is 0 Å². The number of rotatable bonds is 3. The topological polar surface area (TPSA) is 40.5 Å². The van der Waals surface area contributed by atoms with Gasteiger partial charge in [-0.3, -0.25) is 9.69 Å². The highest BCUT2D eigenvalue weighted by Gasteiger charge is 2.32. The summed E-state index contributed by atoms with van der Waals surface area (Å²) in [4.78, 5) is 14.8. The SMILES string of the molecule is CC(c1cc2ccccc2s1)N1CCCCC1C(=O)O. The number of aliphatic carboxylic acids is 1. The minimum absolute atomic E-state index is 0.175. The summed E-state index contributed by atoms with van der Waals surface area (Å²) < 4.78 is 1.28. The van der Waals surface area contributed by atoms with Crippen molar-refractivity contribution >= 4 is 27.4 Å². The van der Waals surface area contributed by atoms with Gasteiger partial charge in [0.25, 0.3) is 0 Å². The maximum Gasteiger partial charge on any atom is 0.320 e. The quantitative estimate of drug-likeness (QED) is 0.931. The van der Waals surface area contributed by atoms with Crippen molar-refractivity contribution in [1.29, 1.82) is 0 Å². The molecule has 2 atom stereocenters. The van der Waals surface area contributed by atoms with Gasteiger partial charge in [-0.25, -0.2) is 0 Å². The minimum Gasteiger partial charge on any atom is -0.480 e. The van der Waals surface area contributed by atoms with Gasteiger partial charge >= 0.3 is 5.97 Å². The molecule has 0 saturated carbocycles. The Hall–Kier alpha value is -1.39. The molecule has 2 aromatic rings. The van der Waals surface area contributed by atoms with E-state index < -0.39 is 5.97 Å². The molecular weight excluding hydrogens is 270 g/mol. The van der Waals surface area contributed by atoms with Gasteiger partial charge in [0.1, 0.15) is 6.04 Å². The maximum atomic E-state index is 11.4. The normalized spacial score (nSPS) is 21.9. The average molecular weight is 289 g/mol. The van der Waals surface area contributed by atoms with Crippen LogP contribution < -0.4 is 0 Å². The number of nitrogens with zero attached hydrogens (tertiary/aromatic N) is 1. The second-order valence-corrected chi connectivity index (χ2v) is 6.57. The molecule has 1 aliphatic heterocycles. The molecule has 0 aliphatic carbocycles. The van der Waals surface area contributed by atoms with E-state index in [1.165, 1.54) is 15.0 Å². The molecule has 20 heavy (non-hydrogen) atoms. The Kier molecular flexibility index (Phi) is 3.76. The molecular formula is C16H19NO2S. The Morgan fingerprint density at radius 1 is 1.40 bits per heavy atom. The lowest BCUT2D eigenvalue weighted by Crippen LogP contribution is -2.45. The van der Waals surface area contributed by atoms with Crippen molar-refractivity contribution in [3.63, 3.8) is 0 Å². The molecule has 106 valence electrons. The Morgan fingerprint density at radius 3 is 2.95 bits per heavy atom. The lowest BCUT2D eigenvalue weighted by atomic mass is 9.99. The van der Waals surface area contributed by atoms with Gasteiger partial charge in [-0.2, -0.15) is 0 Å². The van der Waals surface area contributed by atoms with Crippen LogP contribution in [0.3, 0.4) is 0 Å². The van der Waals surface area contributed by atoms with E-state index in [0.29, 0.717) is 0 Å². The van der Waals surface area contributed by atoms with Crippen molar-refractivity contribution in [2.45, 2.75) is 38.3 Å². The summed E-state index contributed by atoms with van der Waals surface area (Å²) in [7, 11) is 0. The molecule has 1 saturated heterocycles. The standard InChI is InChI=1S/C16H19NO2S/c1-11(17-9-5-4-7-13(17)16(18)19)15-10-12-6-2-3-8-14(12)20-15/h2-3,6,8,10-11,13H,4-5,7,9H2,1H3,(H,18,19). The van der Waals surface area contributed by atoms with E-state index in [-0.39, 0.29) is 12.1 Å². The second-order valence-electron chi connectivity index (χ2n) is 5.45. The maximum absolute atomic E-state index is 11.4. The number of hydrogen-bond donors (Lipinski definition) is 1. The number of carbonyl (C=O) groups is 1. The van der Waals surface area contributed by atoms with Gasteiger partial charge in [0.2, 0.25) is 0 Å². The minimum atomic E-state index is -0.683. The lowest BCUT2D eigenvalue weighted by molar-refractivity contribution is -0.145. The number of benzene rings is 1. The molecule has 0 radical (unpaired) electrons. The zero-order valence-corrected chi connectivity index (χ0v) is 12.4. The van der Waals surface area contributed by atoms with E-state index in [0.717, 1.165) is 25.8 Å². The van der Waals surface area contributed by atoms with Gasteiger partial charge in [0, 0.05) is 15.6 Å². The Balaban J connectivity index is 1.89. The number of fused-ring (bicyclic) bond motifs is 1. The Morgan fingerprint density at radius 2 is 2.20 bits per heavy atom. The van der Waals surface area contributed by atoms with Gasteiger partial charge in [-0.15, -0.1) is 11.3 Å². The van der Waals surface area contributed by atoms with Crippen molar-refractivity contribution in [1.82, 2.24) is 4.90 Å². The molecule has 0 spiro atoms. The highest BCUT2D eigenvalue weighted by atomic mass is 32.1.